The van der Waals surface area contributed by atoms with Crippen LogP contribution in [0.2, 0.25) is 0 Å². The first-order valence-electron chi connectivity index (χ1n) is 17.4. The number of rotatable bonds is 5. The van der Waals surface area contributed by atoms with E-state index in [1.54, 1.807) is 0 Å². The monoisotopic (exact) mass is 639 g/mol. The molecule has 10 rings (SSSR count). The van der Waals surface area contributed by atoms with Gasteiger partial charge < -0.3 is 9.13 Å². The van der Waals surface area contributed by atoms with Crippen LogP contribution in [0.1, 0.15) is 12.1 Å². The first-order valence-corrected chi connectivity index (χ1v) is 17.4. The second-order valence-electron chi connectivity index (χ2n) is 13.1. The van der Waals surface area contributed by atoms with Gasteiger partial charge >= 0.3 is 0 Å². The molecule has 1 aliphatic heterocycles. The zero-order valence-corrected chi connectivity index (χ0v) is 27.5. The van der Waals surface area contributed by atoms with E-state index in [-0.39, 0.29) is 0 Å². The highest BCUT2D eigenvalue weighted by Gasteiger charge is 2.20. The lowest BCUT2D eigenvalue weighted by molar-refractivity contribution is 0.913. The molecule has 3 nitrogen and oxygen atoms in total. The molecule has 0 fully saturated rings. The predicted molar refractivity (Wildman–Crippen MR) is 210 cm³/mol. The van der Waals surface area contributed by atoms with Crippen LogP contribution < -0.4 is 0 Å². The van der Waals surface area contributed by atoms with Gasteiger partial charge in [-0.25, -0.2) is 0 Å². The summed E-state index contributed by atoms with van der Waals surface area (Å²) in [5.41, 5.74) is 15.6. The topological polar surface area (TPSA) is 22.2 Å². The number of benzene rings is 7. The van der Waals surface area contributed by atoms with Gasteiger partial charge in [-0.05, 0) is 107 Å². The van der Waals surface area contributed by atoms with Gasteiger partial charge in [0.1, 0.15) is 0 Å². The summed E-state index contributed by atoms with van der Waals surface area (Å²) in [6.07, 6.45) is 4.02. The van der Waals surface area contributed by atoms with Gasteiger partial charge in [-0.15, -0.1) is 0 Å². The number of aliphatic imine (C=N–C) groups is 1. The molecule has 3 heteroatoms. The van der Waals surface area contributed by atoms with Crippen molar-refractivity contribution in [3.63, 3.8) is 0 Å². The van der Waals surface area contributed by atoms with Crippen molar-refractivity contribution in [1.82, 2.24) is 9.13 Å². The quantitative estimate of drug-likeness (QED) is 0.179. The van der Waals surface area contributed by atoms with E-state index in [2.05, 4.69) is 185 Å². The minimum atomic E-state index is 0.967. The number of hydrogen-bond acceptors (Lipinski definition) is 1. The molecular weight excluding hydrogens is 607 g/mol. The number of hydrogen-bond donors (Lipinski definition) is 0. The van der Waals surface area contributed by atoms with Crippen LogP contribution in [-0.4, -0.2) is 15.3 Å². The van der Waals surface area contributed by atoms with E-state index in [1.807, 2.05) is 0 Å². The maximum atomic E-state index is 4.91. The third kappa shape index (κ3) is 4.62. The van der Waals surface area contributed by atoms with Crippen molar-refractivity contribution in [2.75, 3.05) is 0 Å². The van der Waals surface area contributed by atoms with Crippen LogP contribution in [0.15, 0.2) is 175 Å². The van der Waals surface area contributed by atoms with Gasteiger partial charge in [0.2, 0.25) is 0 Å². The molecule has 9 aromatic rings. The Kier molecular flexibility index (Phi) is 6.63. The van der Waals surface area contributed by atoms with Gasteiger partial charge in [-0.2, -0.15) is 0 Å². The van der Waals surface area contributed by atoms with Crippen LogP contribution in [0.3, 0.4) is 0 Å². The van der Waals surface area contributed by atoms with Gasteiger partial charge in [0, 0.05) is 39.4 Å². The molecule has 0 bridgehead atoms. The molecule has 0 spiro atoms. The van der Waals surface area contributed by atoms with Crippen LogP contribution in [0.4, 0.5) is 5.69 Å². The molecule has 2 aromatic heterocycles. The van der Waals surface area contributed by atoms with Gasteiger partial charge in [0.25, 0.3) is 0 Å². The molecule has 1 aliphatic rings. The molecule has 236 valence electrons. The molecule has 0 saturated carbocycles. The minimum Gasteiger partial charge on any atom is -0.311 e. The summed E-state index contributed by atoms with van der Waals surface area (Å²) in [6, 6.07) is 61.6. The molecule has 0 radical (unpaired) electrons. The van der Waals surface area contributed by atoms with Crippen molar-refractivity contribution in [1.29, 1.82) is 0 Å². The maximum Gasteiger partial charge on any atom is 0.0917 e. The molecule has 0 aliphatic carbocycles. The first kappa shape index (κ1) is 28.6. The lowest BCUT2D eigenvalue weighted by atomic mass is 9.95. The SMILES string of the molecule is C1=Nc2c(n(-c3ccccc3)c3ccc(-c4cccc(-c5cccc(-c6cccc(-n7c8ccccc8c8ccccc87)c6)c5)c4)cc23)CC1. The summed E-state index contributed by atoms with van der Waals surface area (Å²) in [7, 11) is 0. The number of fused-ring (bicyclic) bond motifs is 6. The molecule has 0 amide bonds. The van der Waals surface area contributed by atoms with Crippen LogP contribution in [-0.2, 0) is 6.42 Å². The zero-order valence-electron chi connectivity index (χ0n) is 27.5. The second-order valence-corrected chi connectivity index (χ2v) is 13.1. The fourth-order valence-electron chi connectivity index (χ4n) is 7.89. The largest absolute Gasteiger partial charge is 0.311 e. The lowest BCUT2D eigenvalue weighted by Gasteiger charge is -2.12. The van der Waals surface area contributed by atoms with E-state index in [0.29, 0.717) is 0 Å². The highest BCUT2D eigenvalue weighted by Crippen LogP contribution is 2.41. The van der Waals surface area contributed by atoms with Crippen molar-refractivity contribution in [2.45, 2.75) is 12.8 Å². The summed E-state index contributed by atoms with van der Waals surface area (Å²) in [5, 5.41) is 3.75. The molecule has 0 saturated heterocycles. The average Bonchev–Trinajstić information content (AvgIpc) is 3.71. The van der Waals surface area contributed by atoms with Gasteiger partial charge in [0.05, 0.1) is 22.2 Å². The first-order chi connectivity index (χ1) is 24.8. The Morgan fingerprint density at radius 3 is 1.56 bits per heavy atom. The Morgan fingerprint density at radius 1 is 0.380 bits per heavy atom. The fraction of sp³-hybridized carbons (Fsp3) is 0.0426. The highest BCUT2D eigenvalue weighted by atomic mass is 15.0. The van der Waals surface area contributed by atoms with E-state index in [4.69, 9.17) is 4.99 Å². The lowest BCUT2D eigenvalue weighted by Crippen LogP contribution is -2.02. The van der Waals surface area contributed by atoms with Gasteiger partial charge in [-0.3, -0.25) is 4.99 Å². The average molecular weight is 640 g/mol. The van der Waals surface area contributed by atoms with Crippen molar-refractivity contribution in [3.05, 3.63) is 176 Å². The van der Waals surface area contributed by atoms with Crippen LogP contribution in [0.5, 0.6) is 0 Å². The molecule has 3 heterocycles. The second kappa shape index (κ2) is 11.6. The number of para-hydroxylation sites is 3. The van der Waals surface area contributed by atoms with E-state index >= 15 is 0 Å². The molecule has 0 N–H and O–H groups in total. The third-order valence-corrected chi connectivity index (χ3v) is 10.2. The Labute approximate surface area is 291 Å². The van der Waals surface area contributed by atoms with Crippen molar-refractivity contribution in [2.24, 2.45) is 4.99 Å². The van der Waals surface area contributed by atoms with Crippen molar-refractivity contribution in [3.8, 4) is 44.8 Å². The van der Waals surface area contributed by atoms with E-state index in [9.17, 15) is 0 Å². The van der Waals surface area contributed by atoms with Gasteiger partial charge in [-0.1, -0.05) is 109 Å². The van der Waals surface area contributed by atoms with Crippen molar-refractivity contribution >= 4 is 44.6 Å². The zero-order chi connectivity index (χ0) is 33.0. The van der Waals surface area contributed by atoms with Gasteiger partial charge in [0.15, 0.2) is 0 Å². The minimum absolute atomic E-state index is 0.967. The summed E-state index contributed by atoms with van der Waals surface area (Å²) < 4.78 is 4.78. The summed E-state index contributed by atoms with van der Waals surface area (Å²) in [6.45, 7) is 0. The molecule has 50 heavy (non-hydrogen) atoms. The molecular formula is C47H33N3. The fourth-order valence-corrected chi connectivity index (χ4v) is 7.89. The molecule has 0 unspecified atom stereocenters. The van der Waals surface area contributed by atoms with E-state index in [0.717, 1.165) is 24.2 Å². The van der Waals surface area contributed by atoms with E-state index < -0.39 is 0 Å². The van der Waals surface area contributed by atoms with Crippen LogP contribution in [0, 0.1) is 0 Å². The van der Waals surface area contributed by atoms with Crippen LogP contribution in [0.25, 0.3) is 77.5 Å². The van der Waals surface area contributed by atoms with Crippen molar-refractivity contribution < 1.29 is 0 Å². The van der Waals surface area contributed by atoms with Crippen LogP contribution >= 0.6 is 0 Å². The Balaban J connectivity index is 1.03. The summed E-state index contributed by atoms with van der Waals surface area (Å²) >= 11 is 0. The molecule has 0 atom stereocenters. The summed E-state index contributed by atoms with van der Waals surface area (Å²) in [5.74, 6) is 0. The standard InChI is InChI=1S/C47H33N3/c1-2-17-38(18-3-1)49-45-26-25-37(31-42(45)47-46(49)24-11-27-48-47)35-15-9-13-33(29-35)32-12-8-14-34(28-32)36-16-10-19-39(30-36)50-43-22-6-4-20-40(43)41-21-5-7-23-44(41)50/h1-10,12-23,25-31H,11,24H2. The number of aromatic nitrogens is 2. The maximum absolute atomic E-state index is 4.91. The Hall–Kier alpha value is -6.45. The number of nitrogens with zero attached hydrogens (tertiary/aromatic N) is 3. The Morgan fingerprint density at radius 2 is 0.900 bits per heavy atom. The predicted octanol–water partition coefficient (Wildman–Crippen LogP) is 12.4. The highest BCUT2D eigenvalue weighted by molar-refractivity contribution is 6.09. The third-order valence-electron chi connectivity index (χ3n) is 10.2. The normalized spacial score (nSPS) is 12.6. The smallest absolute Gasteiger partial charge is 0.0917 e. The summed E-state index contributed by atoms with van der Waals surface area (Å²) in [4.78, 5) is 4.91. The molecule has 7 aromatic carbocycles. The Bertz CT molecular complexity index is 2710. The van der Waals surface area contributed by atoms with E-state index in [1.165, 1.54) is 77.5 Å².